The lowest BCUT2D eigenvalue weighted by molar-refractivity contribution is 0.102. The van der Waals surface area contributed by atoms with Gasteiger partial charge in [-0.2, -0.15) is 0 Å². The average Bonchev–Trinajstić information content (AvgIpc) is 2.49. The highest BCUT2D eigenvalue weighted by Gasteiger charge is 2.23. The van der Waals surface area contributed by atoms with E-state index < -0.39 is 26.6 Å². The molecule has 0 bridgehead atoms. The van der Waals surface area contributed by atoms with Gasteiger partial charge in [0.25, 0.3) is 5.91 Å². The average molecular weight is 401 g/mol. The predicted octanol–water partition coefficient (Wildman–Crippen LogP) is 3.09. The van der Waals surface area contributed by atoms with E-state index in [0.29, 0.717) is 5.69 Å². The van der Waals surface area contributed by atoms with Gasteiger partial charge in [-0.25, -0.2) is 17.1 Å². The maximum absolute atomic E-state index is 13.8. The first-order valence-corrected chi connectivity index (χ1v) is 8.74. The summed E-state index contributed by atoms with van der Waals surface area (Å²) >= 11 is 3.28. The first kappa shape index (κ1) is 17.6. The minimum atomic E-state index is -3.97. The molecule has 0 aliphatic rings. The summed E-state index contributed by atoms with van der Waals surface area (Å²) in [6.45, 7) is 0. The summed E-state index contributed by atoms with van der Waals surface area (Å²) in [6.07, 6.45) is 0. The normalized spacial score (nSPS) is 11.5. The molecule has 0 radical (unpaired) electrons. The lowest BCUT2D eigenvalue weighted by Gasteiger charge is -2.13. The molecule has 1 amide bonds. The molecule has 1 N–H and O–H groups in total. The van der Waals surface area contributed by atoms with Crippen LogP contribution < -0.4 is 5.32 Å². The molecule has 2 rings (SSSR count). The van der Waals surface area contributed by atoms with Gasteiger partial charge in [-0.15, -0.1) is 0 Å². The van der Waals surface area contributed by atoms with Crippen molar-refractivity contribution >= 4 is 37.5 Å². The van der Waals surface area contributed by atoms with Crippen LogP contribution in [0.1, 0.15) is 10.4 Å². The van der Waals surface area contributed by atoms with E-state index in [9.17, 15) is 17.6 Å². The monoisotopic (exact) mass is 400 g/mol. The summed E-state index contributed by atoms with van der Waals surface area (Å²) in [7, 11) is -1.38. The number of halogens is 2. The summed E-state index contributed by atoms with van der Waals surface area (Å²) in [5, 5.41) is 2.62. The van der Waals surface area contributed by atoms with Crippen molar-refractivity contribution in [2.45, 2.75) is 4.90 Å². The Morgan fingerprint density at radius 3 is 2.30 bits per heavy atom. The Bertz CT molecular complexity index is 836. The number of benzene rings is 2. The summed E-state index contributed by atoms with van der Waals surface area (Å²) in [5.41, 5.74) is 0.592. The third-order valence-electron chi connectivity index (χ3n) is 3.05. The van der Waals surface area contributed by atoms with Crippen molar-refractivity contribution in [3.05, 3.63) is 58.3 Å². The summed E-state index contributed by atoms with van der Waals surface area (Å²) in [4.78, 5) is 11.7. The topological polar surface area (TPSA) is 66.5 Å². The van der Waals surface area contributed by atoms with Gasteiger partial charge in [0, 0.05) is 29.8 Å². The number of hydrogen-bond donors (Lipinski definition) is 1. The Kier molecular flexibility index (Phi) is 5.18. The molecule has 0 saturated heterocycles. The Labute approximate surface area is 142 Å². The lowest BCUT2D eigenvalue weighted by atomic mass is 10.2. The molecule has 0 unspecified atom stereocenters. The zero-order valence-electron chi connectivity index (χ0n) is 12.4. The molecule has 0 atom stereocenters. The van der Waals surface area contributed by atoms with E-state index in [0.717, 1.165) is 20.9 Å². The zero-order chi connectivity index (χ0) is 17.2. The van der Waals surface area contributed by atoms with Crippen LogP contribution >= 0.6 is 15.9 Å². The number of nitrogens with zero attached hydrogens (tertiary/aromatic N) is 1. The van der Waals surface area contributed by atoms with Crippen molar-refractivity contribution in [2.75, 3.05) is 19.4 Å². The fraction of sp³-hybridized carbons (Fsp3) is 0.133. The molecule has 2 aromatic carbocycles. The molecule has 0 aromatic heterocycles. The van der Waals surface area contributed by atoms with Gasteiger partial charge in [-0.05, 0) is 42.5 Å². The molecule has 0 aliphatic heterocycles. The van der Waals surface area contributed by atoms with Crippen LogP contribution in [0.4, 0.5) is 10.1 Å². The first-order chi connectivity index (χ1) is 10.7. The van der Waals surface area contributed by atoms with Crippen LogP contribution in [0.25, 0.3) is 0 Å². The summed E-state index contributed by atoms with van der Waals surface area (Å²) in [6, 6.07) is 10.1. The molecule has 8 heteroatoms. The SMILES string of the molecule is CN(C)S(=O)(=O)c1cc(C(=O)Nc2ccc(Br)cc2)ccc1F. The van der Waals surface area contributed by atoms with Crippen molar-refractivity contribution in [1.82, 2.24) is 4.31 Å². The second-order valence-corrected chi connectivity index (χ2v) is 7.93. The molecule has 5 nitrogen and oxygen atoms in total. The summed E-state index contributed by atoms with van der Waals surface area (Å²) < 4.78 is 39.7. The van der Waals surface area contributed by atoms with Gasteiger partial charge in [0.2, 0.25) is 10.0 Å². The number of anilines is 1. The first-order valence-electron chi connectivity index (χ1n) is 6.51. The molecule has 23 heavy (non-hydrogen) atoms. The van der Waals surface area contributed by atoms with Crippen LogP contribution in [-0.4, -0.2) is 32.7 Å². The van der Waals surface area contributed by atoms with Gasteiger partial charge in [-0.1, -0.05) is 15.9 Å². The van der Waals surface area contributed by atoms with Gasteiger partial charge in [0.1, 0.15) is 10.7 Å². The molecule has 0 heterocycles. The van der Waals surface area contributed by atoms with Crippen molar-refractivity contribution in [3.63, 3.8) is 0 Å². The number of sulfonamides is 1. The predicted molar refractivity (Wildman–Crippen MR) is 89.4 cm³/mol. The number of carbonyl (C=O) groups excluding carboxylic acids is 1. The molecular formula is C15H14BrFN2O3S. The van der Waals surface area contributed by atoms with Crippen LogP contribution in [0, 0.1) is 5.82 Å². The molecule has 0 spiro atoms. The van der Waals surface area contributed by atoms with E-state index in [1.165, 1.54) is 20.2 Å². The van der Waals surface area contributed by atoms with Gasteiger partial charge in [-0.3, -0.25) is 4.79 Å². The lowest BCUT2D eigenvalue weighted by Crippen LogP contribution is -2.24. The van der Waals surface area contributed by atoms with Gasteiger partial charge in [0.05, 0.1) is 0 Å². The van der Waals surface area contributed by atoms with E-state index in [1.807, 2.05) is 0 Å². The van der Waals surface area contributed by atoms with Crippen molar-refractivity contribution < 1.29 is 17.6 Å². The second kappa shape index (κ2) is 6.77. The highest BCUT2D eigenvalue weighted by atomic mass is 79.9. The number of hydrogen-bond acceptors (Lipinski definition) is 3. The van der Waals surface area contributed by atoms with Gasteiger partial charge < -0.3 is 5.32 Å². The number of nitrogens with one attached hydrogen (secondary N) is 1. The Balaban J connectivity index is 2.33. The molecule has 0 fully saturated rings. The van der Waals surface area contributed by atoms with Crippen LogP contribution in [0.3, 0.4) is 0 Å². The van der Waals surface area contributed by atoms with Crippen molar-refractivity contribution in [1.29, 1.82) is 0 Å². The maximum atomic E-state index is 13.8. The van der Waals surface area contributed by atoms with Crippen LogP contribution in [0.2, 0.25) is 0 Å². The standard InChI is InChI=1S/C15H14BrFN2O3S/c1-19(2)23(21,22)14-9-10(3-8-13(14)17)15(20)18-12-6-4-11(16)5-7-12/h3-9H,1-2H3,(H,18,20). The Hall–Kier alpha value is -1.77. The van der Waals surface area contributed by atoms with Gasteiger partial charge in [0.15, 0.2) is 0 Å². The number of amides is 1. The Morgan fingerprint density at radius 2 is 1.74 bits per heavy atom. The minimum Gasteiger partial charge on any atom is -0.322 e. The molecule has 0 saturated carbocycles. The zero-order valence-corrected chi connectivity index (χ0v) is 14.8. The molecule has 2 aromatic rings. The summed E-state index contributed by atoms with van der Waals surface area (Å²) in [5.74, 6) is -1.43. The van der Waals surface area contributed by atoms with Crippen LogP contribution in [0.15, 0.2) is 51.8 Å². The number of rotatable bonds is 4. The van der Waals surface area contributed by atoms with E-state index in [2.05, 4.69) is 21.2 Å². The van der Waals surface area contributed by atoms with Crippen LogP contribution in [-0.2, 0) is 10.0 Å². The minimum absolute atomic E-state index is 0.0507. The van der Waals surface area contributed by atoms with Crippen molar-refractivity contribution in [2.24, 2.45) is 0 Å². The molecule has 0 aliphatic carbocycles. The van der Waals surface area contributed by atoms with Crippen LogP contribution in [0.5, 0.6) is 0 Å². The Morgan fingerprint density at radius 1 is 1.13 bits per heavy atom. The highest BCUT2D eigenvalue weighted by molar-refractivity contribution is 9.10. The maximum Gasteiger partial charge on any atom is 0.255 e. The van der Waals surface area contributed by atoms with E-state index in [-0.39, 0.29) is 5.56 Å². The van der Waals surface area contributed by atoms with E-state index in [1.54, 1.807) is 24.3 Å². The molecule has 122 valence electrons. The van der Waals surface area contributed by atoms with Crippen molar-refractivity contribution in [3.8, 4) is 0 Å². The highest BCUT2D eigenvalue weighted by Crippen LogP contribution is 2.20. The third-order valence-corrected chi connectivity index (χ3v) is 5.41. The molecular weight excluding hydrogens is 387 g/mol. The van der Waals surface area contributed by atoms with E-state index >= 15 is 0 Å². The fourth-order valence-corrected chi connectivity index (χ4v) is 3.02. The quantitative estimate of drug-likeness (QED) is 0.857. The smallest absolute Gasteiger partial charge is 0.255 e. The van der Waals surface area contributed by atoms with E-state index in [4.69, 9.17) is 0 Å². The largest absolute Gasteiger partial charge is 0.322 e. The fourth-order valence-electron chi connectivity index (χ4n) is 1.78. The second-order valence-electron chi connectivity index (χ2n) is 4.89. The third kappa shape index (κ3) is 3.95. The van der Waals surface area contributed by atoms with Gasteiger partial charge >= 0.3 is 0 Å². The number of carbonyl (C=O) groups is 1.